The molecule has 55 heavy (non-hydrogen) atoms. The highest BCUT2D eigenvalue weighted by Gasteiger charge is 2.29. The molecule has 12 nitrogen and oxygen atoms in total. The Morgan fingerprint density at radius 2 is 1.89 bits per heavy atom. The molecule has 15 heteroatoms. The number of furan rings is 1. The fourth-order valence-electron chi connectivity index (χ4n) is 6.19. The number of carbonyl (C=O) groups is 1. The fourth-order valence-corrected chi connectivity index (χ4v) is 7.52. The molecular formula is C40H44ClFN6O6S. The van der Waals surface area contributed by atoms with Crippen LogP contribution in [0.2, 0.25) is 5.02 Å². The highest BCUT2D eigenvalue weighted by molar-refractivity contribution is 7.22. The zero-order chi connectivity index (χ0) is 40.4. The zero-order valence-corrected chi connectivity index (χ0v) is 31.4. The van der Waals surface area contributed by atoms with Gasteiger partial charge in [-0.15, -0.1) is 11.3 Å². The van der Waals surface area contributed by atoms with Crippen LogP contribution >= 0.6 is 22.9 Å². The molecule has 0 unspecified atom stereocenters. The van der Waals surface area contributed by atoms with Crippen LogP contribution in [0.5, 0.6) is 17.4 Å². The summed E-state index contributed by atoms with van der Waals surface area (Å²) in [4.78, 5) is 27.2. The zero-order valence-electron chi connectivity index (χ0n) is 32.8. The molecule has 5 heterocycles. The Morgan fingerprint density at radius 1 is 1.09 bits per heavy atom. The molecule has 0 bridgehead atoms. The molecule has 0 radical (unpaired) electrons. The summed E-state index contributed by atoms with van der Waals surface area (Å²) in [5, 5.41) is 15.3. The lowest BCUT2D eigenvalue weighted by atomic mass is 9.97. The van der Waals surface area contributed by atoms with Crippen molar-refractivity contribution in [3.05, 3.63) is 95.0 Å². The Hall–Kier alpha value is -5.02. The molecule has 1 aliphatic rings. The Morgan fingerprint density at radius 3 is 2.64 bits per heavy atom. The topological polar surface area (TPSA) is 128 Å². The number of ether oxygens (including phenoxy) is 3. The van der Waals surface area contributed by atoms with Gasteiger partial charge >= 0.3 is 5.97 Å². The Kier molecular flexibility index (Phi) is 11.4. The number of likely N-dealkylation sites (N-methyl/N-ethyl adjacent to an activating group) is 1. The normalized spacial score (nSPS) is 15.8. The number of para-hydroxylation sites is 1. The van der Waals surface area contributed by atoms with Gasteiger partial charge < -0.3 is 28.6 Å². The summed E-state index contributed by atoms with van der Waals surface area (Å²) in [5.41, 5.74) is 1.87. The van der Waals surface area contributed by atoms with Crippen LogP contribution in [-0.4, -0.2) is 93.1 Å². The first-order valence-electron chi connectivity index (χ1n) is 18.9. The van der Waals surface area contributed by atoms with E-state index in [0.29, 0.717) is 55.7 Å². The summed E-state index contributed by atoms with van der Waals surface area (Å²) in [5.74, 6) is -1.01. The monoisotopic (exact) mass is 793 g/mol. The lowest BCUT2D eigenvalue weighted by Crippen LogP contribution is -2.45. The van der Waals surface area contributed by atoms with Gasteiger partial charge in [0.15, 0.2) is 0 Å². The van der Waals surface area contributed by atoms with E-state index in [1.165, 1.54) is 47.5 Å². The molecule has 4 aromatic heterocycles. The molecular weight excluding hydrogens is 747 g/mol. The van der Waals surface area contributed by atoms with E-state index in [4.69, 9.17) is 33.0 Å². The lowest BCUT2D eigenvalue weighted by Gasteiger charge is -2.32. The Balaban J connectivity index is 0.00000567. The second kappa shape index (κ2) is 17.6. The molecule has 0 saturated carbocycles. The predicted molar refractivity (Wildman–Crippen MR) is 211 cm³/mol. The molecule has 0 amide bonds. The van der Waals surface area contributed by atoms with Gasteiger partial charge in [-0.25, -0.2) is 14.8 Å². The van der Waals surface area contributed by atoms with E-state index >= 15 is 0 Å². The van der Waals surface area contributed by atoms with Gasteiger partial charge in [-0.05, 0) is 61.9 Å². The summed E-state index contributed by atoms with van der Waals surface area (Å²) in [6, 6.07) is 13.0. The smallest absolute Gasteiger partial charge is 0.345 e. The summed E-state index contributed by atoms with van der Waals surface area (Å²) in [6.45, 7) is 6.68. The van der Waals surface area contributed by atoms with E-state index in [0.717, 1.165) is 44.1 Å². The van der Waals surface area contributed by atoms with Gasteiger partial charge in [-0.2, -0.15) is 9.49 Å². The Labute approximate surface area is 332 Å². The molecule has 7 rings (SSSR count). The number of fused-ring (bicyclic) bond motifs is 1. The SMILES string of the molecule is C.[2H][C@H](c1ccccc1OC([2H])([2H])c1ccnn1CC)[C@H](Oc1ncnc2sc(-c3ccc(F)o3)c(-c3ccc(OCCN4CCN(C)CC4)c(Cl)c3C)c12)C(=O)O. The number of aromatic nitrogens is 4. The summed E-state index contributed by atoms with van der Waals surface area (Å²) < 4.78 is 65.9. The number of halogens is 2. The number of carboxylic acid groups (broad SMARTS) is 1. The van der Waals surface area contributed by atoms with Crippen molar-refractivity contribution < 1.29 is 37.0 Å². The van der Waals surface area contributed by atoms with E-state index in [-0.39, 0.29) is 36.1 Å². The van der Waals surface area contributed by atoms with E-state index in [1.54, 1.807) is 18.2 Å². The number of piperazine rings is 1. The van der Waals surface area contributed by atoms with Crippen molar-refractivity contribution in [2.75, 3.05) is 46.4 Å². The number of hydrogen-bond acceptors (Lipinski definition) is 11. The van der Waals surface area contributed by atoms with Crippen LogP contribution in [0.15, 0.2) is 71.5 Å². The molecule has 2 aromatic carbocycles. The van der Waals surface area contributed by atoms with Crippen molar-refractivity contribution in [2.24, 2.45) is 0 Å². The first kappa shape index (κ1) is 35.7. The van der Waals surface area contributed by atoms with Crippen LogP contribution in [0, 0.1) is 12.9 Å². The average Bonchev–Trinajstić information content (AvgIpc) is 3.95. The summed E-state index contributed by atoms with van der Waals surface area (Å²) in [6.07, 6.45) is -0.828. The van der Waals surface area contributed by atoms with Gasteiger partial charge in [-0.1, -0.05) is 43.3 Å². The van der Waals surface area contributed by atoms with Crippen molar-refractivity contribution in [1.29, 1.82) is 0 Å². The maximum atomic E-state index is 14.3. The molecule has 290 valence electrons. The minimum Gasteiger partial charge on any atom is -0.491 e. The fraction of sp³-hybridized carbons (Fsp3) is 0.350. The molecule has 1 N–H and O–H groups in total. The highest BCUT2D eigenvalue weighted by Crippen LogP contribution is 2.49. The van der Waals surface area contributed by atoms with Crippen LogP contribution in [0.3, 0.4) is 0 Å². The number of carboxylic acids is 1. The van der Waals surface area contributed by atoms with Gasteiger partial charge in [0.1, 0.15) is 41.6 Å². The van der Waals surface area contributed by atoms with Gasteiger partial charge in [0, 0.05) is 64.9 Å². The maximum Gasteiger partial charge on any atom is 0.345 e. The number of benzene rings is 2. The lowest BCUT2D eigenvalue weighted by molar-refractivity contribution is -0.145. The molecule has 1 fully saturated rings. The number of thiophene rings is 1. The molecule has 1 saturated heterocycles. The second-order valence-corrected chi connectivity index (χ2v) is 14.0. The second-order valence-electron chi connectivity index (χ2n) is 12.6. The molecule has 0 spiro atoms. The molecule has 0 aliphatic carbocycles. The number of rotatable bonds is 15. The first-order valence-corrected chi connectivity index (χ1v) is 18.5. The van der Waals surface area contributed by atoms with Crippen LogP contribution in [0.1, 0.15) is 35.3 Å². The van der Waals surface area contributed by atoms with E-state index in [1.807, 2.05) is 19.9 Å². The van der Waals surface area contributed by atoms with Crippen molar-refractivity contribution in [3.8, 4) is 39.1 Å². The van der Waals surface area contributed by atoms with Crippen LogP contribution in [0.25, 0.3) is 32.0 Å². The standard InChI is InChI=1S/C39H40ClFN6O6S.CH4/c1-4-47-26(13-14-44-47)22-51-28-8-6-5-7-25(28)21-31(39(48)49)53-37-34-33(36(30-11-12-32(41)52-30)54-38(34)43-23-42-37)27-9-10-29(35(40)24(27)2)50-20-19-46-17-15-45(3)16-18-46;/h5-14,23,31H,4,15-22H2,1-3H3,(H,48,49);1H4/t31-;/m0./s1/i21D,22D2;/t21-,31+;/m1.. The number of hydrogen-bond donors (Lipinski definition) is 1. The third-order valence-electron chi connectivity index (χ3n) is 9.15. The van der Waals surface area contributed by atoms with Crippen molar-refractivity contribution >= 4 is 39.1 Å². The predicted octanol–water partition coefficient (Wildman–Crippen LogP) is 7.85. The van der Waals surface area contributed by atoms with Crippen LogP contribution in [0.4, 0.5) is 4.39 Å². The van der Waals surface area contributed by atoms with E-state index in [2.05, 4.69) is 31.9 Å². The van der Waals surface area contributed by atoms with Crippen molar-refractivity contribution in [2.45, 2.75) is 46.9 Å². The number of nitrogens with zero attached hydrogens (tertiary/aromatic N) is 6. The molecule has 6 aromatic rings. The van der Waals surface area contributed by atoms with Crippen molar-refractivity contribution in [1.82, 2.24) is 29.5 Å². The van der Waals surface area contributed by atoms with Crippen LogP contribution < -0.4 is 14.2 Å². The quantitative estimate of drug-likeness (QED) is 0.109. The highest BCUT2D eigenvalue weighted by atomic mass is 35.5. The maximum absolute atomic E-state index is 14.3. The van der Waals surface area contributed by atoms with Crippen LogP contribution in [-0.2, 0) is 24.3 Å². The first-order chi connectivity index (χ1) is 27.4. The van der Waals surface area contributed by atoms with Crippen molar-refractivity contribution in [3.63, 3.8) is 0 Å². The minimum absolute atomic E-state index is 0. The summed E-state index contributed by atoms with van der Waals surface area (Å²) in [7, 11) is 2.10. The third kappa shape index (κ3) is 8.78. The van der Waals surface area contributed by atoms with Gasteiger partial charge in [0.2, 0.25) is 12.0 Å². The summed E-state index contributed by atoms with van der Waals surface area (Å²) >= 11 is 8.12. The largest absolute Gasteiger partial charge is 0.491 e. The van der Waals surface area contributed by atoms with E-state index < -0.39 is 31.0 Å². The molecule has 1 aliphatic heterocycles. The average molecular weight is 794 g/mol. The van der Waals surface area contributed by atoms with Gasteiger partial charge in [0.25, 0.3) is 6.01 Å². The Bertz CT molecular complexity index is 2390. The van der Waals surface area contributed by atoms with Gasteiger partial charge in [-0.3, -0.25) is 9.58 Å². The third-order valence-corrected chi connectivity index (χ3v) is 10.7. The van der Waals surface area contributed by atoms with Gasteiger partial charge in [0.05, 0.1) is 23.7 Å². The van der Waals surface area contributed by atoms with E-state index in [9.17, 15) is 15.7 Å². The minimum atomic E-state index is -2.38. The molecule has 2 atom stereocenters. The number of aryl methyl sites for hydroxylation is 1. The number of aliphatic carboxylic acids is 1.